The standard InChI is InChI=1S/C18H26O5.C17H24O5.CH4/c1-20-18(19)16-9-7-15(8-10-16)5-4-11-21-13-14-23-17-6-2-3-12-22-17;18-17(19)15-8-6-14(7-9-15)4-3-10-20-12-13-22-16-5-1-2-11-21-16;/h7-10,17H,2-6,11-14H2,1H3;6-9,16H,1-5,10-13H2,(H,18,19);1H4. The van der Waals surface area contributed by atoms with Gasteiger partial charge in [-0.3, -0.25) is 0 Å². The first-order valence-electron chi connectivity index (χ1n) is 16.2. The molecule has 0 spiro atoms. The molecule has 0 aliphatic carbocycles. The molecule has 46 heavy (non-hydrogen) atoms. The van der Waals surface area contributed by atoms with Gasteiger partial charge in [-0.2, -0.15) is 0 Å². The molecule has 0 aromatic heterocycles. The Hall–Kier alpha value is -2.86. The molecule has 258 valence electrons. The van der Waals surface area contributed by atoms with Crippen LogP contribution in [0.2, 0.25) is 0 Å². The number of carboxylic acids is 1. The first kappa shape index (κ1) is 39.3. The lowest BCUT2D eigenvalue weighted by atomic mass is 10.1. The molecule has 0 amide bonds. The van der Waals surface area contributed by atoms with E-state index in [9.17, 15) is 9.59 Å². The fourth-order valence-electron chi connectivity index (χ4n) is 4.86. The van der Waals surface area contributed by atoms with Crippen molar-refractivity contribution in [2.24, 2.45) is 0 Å². The van der Waals surface area contributed by atoms with Crippen LogP contribution in [0.4, 0.5) is 0 Å². The van der Waals surface area contributed by atoms with E-state index in [0.717, 1.165) is 70.1 Å². The Morgan fingerprint density at radius 2 is 1.13 bits per heavy atom. The number of aryl methyl sites for hydroxylation is 2. The van der Waals surface area contributed by atoms with E-state index in [4.69, 9.17) is 33.5 Å². The average molecular weight is 647 g/mol. The van der Waals surface area contributed by atoms with Crippen LogP contribution >= 0.6 is 0 Å². The molecule has 2 aromatic carbocycles. The summed E-state index contributed by atoms with van der Waals surface area (Å²) in [7, 11) is 1.39. The van der Waals surface area contributed by atoms with Crippen LogP contribution in [0, 0.1) is 0 Å². The summed E-state index contributed by atoms with van der Waals surface area (Å²) in [6.07, 6.45) is 10.1. The molecule has 2 aliphatic rings. The smallest absolute Gasteiger partial charge is 0.337 e. The van der Waals surface area contributed by atoms with Gasteiger partial charge in [0.1, 0.15) is 0 Å². The SMILES string of the molecule is C.COC(=O)c1ccc(CCCOCCOC2CCCCO2)cc1.O=C(O)c1ccc(CCCOCCOC2CCCCO2)cc1. The van der Waals surface area contributed by atoms with Crippen molar-refractivity contribution in [3.05, 3.63) is 70.8 Å². The minimum absolute atomic E-state index is 0. The van der Waals surface area contributed by atoms with Crippen LogP contribution in [0.15, 0.2) is 48.5 Å². The molecule has 0 bridgehead atoms. The van der Waals surface area contributed by atoms with Crippen molar-refractivity contribution < 1.29 is 47.9 Å². The van der Waals surface area contributed by atoms with Gasteiger partial charge in [-0.05, 0) is 99.6 Å². The van der Waals surface area contributed by atoms with Gasteiger partial charge < -0.3 is 38.3 Å². The first-order valence-corrected chi connectivity index (χ1v) is 16.2. The second-order valence-electron chi connectivity index (χ2n) is 11.0. The van der Waals surface area contributed by atoms with Crippen molar-refractivity contribution in [1.82, 2.24) is 0 Å². The lowest BCUT2D eigenvalue weighted by molar-refractivity contribution is -0.169. The van der Waals surface area contributed by atoms with Crippen LogP contribution in [-0.2, 0) is 46.0 Å². The highest BCUT2D eigenvalue weighted by atomic mass is 16.7. The van der Waals surface area contributed by atoms with Gasteiger partial charge in [-0.1, -0.05) is 31.7 Å². The molecule has 2 aliphatic heterocycles. The van der Waals surface area contributed by atoms with Crippen LogP contribution in [-0.4, -0.2) is 89.6 Å². The van der Waals surface area contributed by atoms with E-state index in [0.29, 0.717) is 50.8 Å². The molecule has 10 nitrogen and oxygen atoms in total. The molecule has 10 heteroatoms. The van der Waals surface area contributed by atoms with E-state index in [1.165, 1.54) is 25.5 Å². The second-order valence-corrected chi connectivity index (χ2v) is 11.0. The fourth-order valence-corrected chi connectivity index (χ4v) is 4.86. The highest BCUT2D eigenvalue weighted by Crippen LogP contribution is 2.14. The highest BCUT2D eigenvalue weighted by Gasteiger charge is 2.14. The van der Waals surface area contributed by atoms with Crippen LogP contribution in [0.5, 0.6) is 0 Å². The number of benzene rings is 2. The summed E-state index contributed by atoms with van der Waals surface area (Å²) in [5.41, 5.74) is 3.21. The number of rotatable bonds is 18. The van der Waals surface area contributed by atoms with E-state index in [-0.39, 0.29) is 26.0 Å². The molecule has 0 saturated carbocycles. The number of carbonyl (C=O) groups excluding carboxylic acids is 1. The minimum Gasteiger partial charge on any atom is -0.478 e. The number of carboxylic acid groups (broad SMARTS) is 1. The Balaban J connectivity index is 0.000000314. The van der Waals surface area contributed by atoms with E-state index >= 15 is 0 Å². The van der Waals surface area contributed by atoms with Gasteiger partial charge in [0.05, 0.1) is 44.7 Å². The molecule has 2 heterocycles. The maximum atomic E-state index is 11.3. The number of hydrogen-bond donors (Lipinski definition) is 1. The Bertz CT molecular complexity index is 1060. The summed E-state index contributed by atoms with van der Waals surface area (Å²) in [6.45, 7) is 5.31. The number of carbonyl (C=O) groups is 2. The molecule has 2 unspecified atom stereocenters. The van der Waals surface area contributed by atoms with Crippen LogP contribution in [0.25, 0.3) is 0 Å². The normalized spacial score (nSPS) is 17.7. The number of methoxy groups -OCH3 is 1. The van der Waals surface area contributed by atoms with Crippen LogP contribution < -0.4 is 0 Å². The first-order chi connectivity index (χ1) is 22.0. The van der Waals surface area contributed by atoms with Crippen molar-refractivity contribution >= 4 is 11.9 Å². The molecular weight excluding hydrogens is 592 g/mol. The number of aromatic carboxylic acids is 1. The van der Waals surface area contributed by atoms with E-state index in [1.54, 1.807) is 24.3 Å². The largest absolute Gasteiger partial charge is 0.478 e. The summed E-state index contributed by atoms with van der Waals surface area (Å²) >= 11 is 0. The zero-order chi connectivity index (χ0) is 32.0. The Labute approximate surface area is 274 Å². The topological polar surface area (TPSA) is 119 Å². The van der Waals surface area contributed by atoms with Gasteiger partial charge in [0.2, 0.25) is 0 Å². The predicted octanol–water partition coefficient (Wildman–Crippen LogP) is 6.48. The lowest BCUT2D eigenvalue weighted by Crippen LogP contribution is -2.24. The Morgan fingerprint density at radius 1 is 0.674 bits per heavy atom. The van der Waals surface area contributed by atoms with Crippen molar-refractivity contribution in [2.45, 2.75) is 84.2 Å². The van der Waals surface area contributed by atoms with Crippen molar-refractivity contribution in [1.29, 1.82) is 0 Å². The van der Waals surface area contributed by atoms with Crippen LogP contribution in [0.1, 0.15) is 90.6 Å². The fraction of sp³-hybridized carbons (Fsp3) is 0.611. The van der Waals surface area contributed by atoms with Gasteiger partial charge in [-0.25, -0.2) is 9.59 Å². The molecule has 4 rings (SSSR count). The van der Waals surface area contributed by atoms with Crippen molar-refractivity contribution in [3.8, 4) is 0 Å². The van der Waals surface area contributed by atoms with Gasteiger partial charge in [0, 0.05) is 26.4 Å². The molecule has 1 N–H and O–H groups in total. The Kier molecular flexibility index (Phi) is 20.8. The third-order valence-electron chi connectivity index (χ3n) is 7.42. The molecule has 2 saturated heterocycles. The monoisotopic (exact) mass is 646 g/mol. The molecular formula is C36H54O10. The number of hydrogen-bond acceptors (Lipinski definition) is 9. The third kappa shape index (κ3) is 16.6. The quantitative estimate of drug-likeness (QED) is 0.142. The Morgan fingerprint density at radius 3 is 1.52 bits per heavy atom. The number of ether oxygens (including phenoxy) is 7. The summed E-state index contributed by atoms with van der Waals surface area (Å²) in [5, 5.41) is 8.83. The number of esters is 1. The minimum atomic E-state index is -0.892. The summed E-state index contributed by atoms with van der Waals surface area (Å²) < 4.78 is 37.9. The molecule has 2 aromatic rings. The molecule has 2 atom stereocenters. The summed E-state index contributed by atoms with van der Waals surface area (Å²) in [4.78, 5) is 22.1. The molecule has 2 fully saturated rings. The van der Waals surface area contributed by atoms with Gasteiger partial charge in [0.15, 0.2) is 12.6 Å². The highest BCUT2D eigenvalue weighted by molar-refractivity contribution is 5.89. The lowest BCUT2D eigenvalue weighted by Gasteiger charge is -2.22. The second kappa shape index (κ2) is 24.3. The van der Waals surface area contributed by atoms with Gasteiger partial charge >= 0.3 is 11.9 Å². The third-order valence-corrected chi connectivity index (χ3v) is 7.42. The average Bonchev–Trinajstić information content (AvgIpc) is 3.09. The van der Waals surface area contributed by atoms with Crippen molar-refractivity contribution in [3.63, 3.8) is 0 Å². The van der Waals surface area contributed by atoms with Crippen molar-refractivity contribution in [2.75, 3.05) is 60.0 Å². The summed E-state index contributed by atoms with van der Waals surface area (Å²) in [5.74, 6) is -1.20. The van der Waals surface area contributed by atoms with Crippen LogP contribution in [0.3, 0.4) is 0 Å². The zero-order valence-electron chi connectivity index (χ0n) is 26.6. The summed E-state index contributed by atoms with van der Waals surface area (Å²) in [6, 6.07) is 14.5. The molecule has 0 radical (unpaired) electrons. The maximum absolute atomic E-state index is 11.3. The van der Waals surface area contributed by atoms with E-state index in [1.807, 2.05) is 24.3 Å². The van der Waals surface area contributed by atoms with E-state index in [2.05, 4.69) is 4.74 Å². The van der Waals surface area contributed by atoms with E-state index < -0.39 is 5.97 Å². The predicted molar refractivity (Wildman–Crippen MR) is 175 cm³/mol. The maximum Gasteiger partial charge on any atom is 0.337 e. The zero-order valence-corrected chi connectivity index (χ0v) is 26.6. The van der Waals surface area contributed by atoms with Gasteiger partial charge in [0.25, 0.3) is 0 Å². The van der Waals surface area contributed by atoms with Gasteiger partial charge in [-0.15, -0.1) is 0 Å².